The fourth-order valence-corrected chi connectivity index (χ4v) is 6.55. The normalized spacial score (nSPS) is 49.6. The van der Waals surface area contributed by atoms with Crippen LogP contribution in [0.1, 0.15) is 59.3 Å². The highest BCUT2D eigenvalue weighted by Crippen LogP contribution is 2.64. The third kappa shape index (κ3) is 2.18. The van der Waals surface area contributed by atoms with Crippen LogP contribution in [-0.4, -0.2) is 24.1 Å². The zero-order valence-electron chi connectivity index (χ0n) is 14.9. The van der Waals surface area contributed by atoms with Crippen LogP contribution in [0.4, 0.5) is 0 Å². The Kier molecular flexibility index (Phi) is 3.59. The van der Waals surface area contributed by atoms with Gasteiger partial charge in [0.15, 0.2) is 0 Å². The molecule has 0 saturated heterocycles. The second kappa shape index (κ2) is 5.34. The molecule has 0 radical (unpaired) electrons. The Morgan fingerprint density at radius 2 is 1.96 bits per heavy atom. The first-order valence-corrected chi connectivity index (χ1v) is 9.41. The van der Waals surface area contributed by atoms with E-state index in [1.165, 1.54) is 6.92 Å². The number of carbonyl (C=O) groups excluding carboxylic acids is 2. The first kappa shape index (κ1) is 16.2. The van der Waals surface area contributed by atoms with Gasteiger partial charge in [-0.2, -0.15) is 0 Å². The summed E-state index contributed by atoms with van der Waals surface area (Å²) in [5, 5.41) is 0. The van der Waals surface area contributed by atoms with Crippen molar-refractivity contribution in [3.05, 3.63) is 12.2 Å². The van der Waals surface area contributed by atoms with E-state index in [-0.39, 0.29) is 35.0 Å². The van der Waals surface area contributed by atoms with Crippen LogP contribution >= 0.6 is 0 Å². The Morgan fingerprint density at radius 3 is 2.71 bits per heavy atom. The highest BCUT2D eigenvalue weighted by molar-refractivity contribution is 5.83. The van der Waals surface area contributed by atoms with Crippen molar-refractivity contribution >= 4 is 11.9 Å². The molecular weight excluding hydrogens is 304 g/mol. The Balaban J connectivity index is 1.62. The summed E-state index contributed by atoms with van der Waals surface area (Å²) >= 11 is 0. The number of hydrogen-bond donors (Lipinski definition) is 0. The molecule has 7 atom stereocenters. The van der Waals surface area contributed by atoms with Crippen LogP contribution in [-0.2, 0) is 19.1 Å². The van der Waals surface area contributed by atoms with Gasteiger partial charge in [0.25, 0.3) is 0 Å². The van der Waals surface area contributed by atoms with E-state index in [1.54, 1.807) is 6.08 Å². The average Bonchev–Trinajstić information content (AvgIpc) is 2.84. The first-order chi connectivity index (χ1) is 11.3. The van der Waals surface area contributed by atoms with Crippen molar-refractivity contribution in [3.8, 4) is 0 Å². The Labute approximate surface area is 144 Å². The van der Waals surface area contributed by atoms with Crippen LogP contribution < -0.4 is 0 Å². The average molecular weight is 332 g/mol. The number of rotatable bonds is 1. The van der Waals surface area contributed by atoms with Gasteiger partial charge in [0.2, 0.25) is 0 Å². The van der Waals surface area contributed by atoms with Crippen molar-refractivity contribution in [2.24, 2.45) is 28.6 Å². The molecule has 4 nitrogen and oxygen atoms in total. The van der Waals surface area contributed by atoms with Crippen LogP contribution in [0.2, 0.25) is 0 Å². The maximum Gasteiger partial charge on any atom is 0.330 e. The minimum atomic E-state index is -0.188. The summed E-state index contributed by atoms with van der Waals surface area (Å²) < 4.78 is 11.3. The van der Waals surface area contributed by atoms with Gasteiger partial charge in [-0.3, -0.25) is 4.79 Å². The maximum atomic E-state index is 11.6. The molecule has 0 N–H and O–H groups in total. The Hall–Kier alpha value is -1.32. The van der Waals surface area contributed by atoms with Crippen molar-refractivity contribution < 1.29 is 19.1 Å². The molecule has 0 spiro atoms. The molecule has 0 aromatic heterocycles. The van der Waals surface area contributed by atoms with Crippen molar-refractivity contribution in [2.75, 3.05) is 0 Å². The Bertz CT molecular complexity index is 596. The summed E-state index contributed by atoms with van der Waals surface area (Å²) in [6.45, 7) is 6.13. The zero-order chi connectivity index (χ0) is 17.1. The number of fused-ring (bicyclic) bond motifs is 5. The molecule has 4 heteroatoms. The van der Waals surface area contributed by atoms with Gasteiger partial charge in [-0.05, 0) is 56.3 Å². The van der Waals surface area contributed by atoms with E-state index in [0.717, 1.165) is 38.5 Å². The third-order valence-corrected chi connectivity index (χ3v) is 7.75. The van der Waals surface area contributed by atoms with E-state index in [9.17, 15) is 9.59 Å². The van der Waals surface area contributed by atoms with Gasteiger partial charge in [0.05, 0.1) is 0 Å². The van der Waals surface area contributed by atoms with Crippen molar-refractivity contribution in [2.45, 2.75) is 71.5 Å². The lowest BCUT2D eigenvalue weighted by Crippen LogP contribution is -2.55. The highest BCUT2D eigenvalue weighted by Gasteiger charge is 2.61. The highest BCUT2D eigenvalue weighted by atomic mass is 16.5. The largest absolute Gasteiger partial charge is 0.462 e. The van der Waals surface area contributed by atoms with E-state index in [1.807, 2.05) is 0 Å². The van der Waals surface area contributed by atoms with Crippen LogP contribution in [0.25, 0.3) is 0 Å². The lowest BCUT2D eigenvalue weighted by molar-refractivity contribution is -0.172. The molecule has 0 unspecified atom stereocenters. The van der Waals surface area contributed by atoms with E-state index < -0.39 is 0 Å². The maximum absolute atomic E-state index is 11.6. The fraction of sp³-hybridized carbons (Fsp3) is 0.800. The predicted octanol–water partition coefficient (Wildman–Crippen LogP) is 3.64. The van der Waals surface area contributed by atoms with Gasteiger partial charge < -0.3 is 9.47 Å². The molecule has 3 saturated carbocycles. The SMILES string of the molecule is CC(=O)O[C@H]1CC[C@H]2[C@@H]3CC[C@H]4OC(=O)C=C[C@]4(C)[C@H]3CC[C@]12C. The smallest absolute Gasteiger partial charge is 0.330 e. The molecule has 3 aliphatic carbocycles. The van der Waals surface area contributed by atoms with Crippen LogP contribution in [0.15, 0.2) is 12.2 Å². The van der Waals surface area contributed by atoms with Crippen LogP contribution in [0.3, 0.4) is 0 Å². The lowest BCUT2D eigenvalue weighted by atomic mass is 9.49. The summed E-state index contributed by atoms with van der Waals surface area (Å²) in [5.41, 5.74) is 0.0861. The molecule has 3 fully saturated rings. The molecule has 24 heavy (non-hydrogen) atoms. The molecular formula is C20H28O4. The van der Waals surface area contributed by atoms with Crippen molar-refractivity contribution in [1.29, 1.82) is 0 Å². The van der Waals surface area contributed by atoms with Crippen molar-refractivity contribution in [3.63, 3.8) is 0 Å². The zero-order valence-corrected chi connectivity index (χ0v) is 14.9. The van der Waals surface area contributed by atoms with E-state index in [2.05, 4.69) is 19.9 Å². The van der Waals surface area contributed by atoms with E-state index >= 15 is 0 Å². The summed E-state index contributed by atoms with van der Waals surface area (Å²) in [6, 6.07) is 0. The summed E-state index contributed by atoms with van der Waals surface area (Å²) in [5.74, 6) is 1.49. The van der Waals surface area contributed by atoms with Gasteiger partial charge >= 0.3 is 11.9 Å². The second-order valence-electron chi connectivity index (χ2n) is 8.80. The first-order valence-electron chi connectivity index (χ1n) is 9.41. The topological polar surface area (TPSA) is 52.6 Å². The quantitative estimate of drug-likeness (QED) is 0.688. The van der Waals surface area contributed by atoms with Crippen LogP contribution in [0, 0.1) is 28.6 Å². The predicted molar refractivity (Wildman–Crippen MR) is 89.0 cm³/mol. The summed E-state index contributed by atoms with van der Waals surface area (Å²) in [7, 11) is 0. The molecule has 0 amide bonds. The van der Waals surface area contributed by atoms with Crippen molar-refractivity contribution in [1.82, 2.24) is 0 Å². The second-order valence-corrected chi connectivity index (χ2v) is 8.80. The Morgan fingerprint density at radius 1 is 1.17 bits per heavy atom. The number of esters is 2. The molecule has 0 aromatic rings. The molecule has 1 aliphatic heterocycles. The lowest BCUT2D eigenvalue weighted by Gasteiger charge is -2.57. The van der Waals surface area contributed by atoms with Gasteiger partial charge in [-0.1, -0.05) is 19.9 Å². The number of ether oxygens (including phenoxy) is 2. The fourth-order valence-electron chi connectivity index (χ4n) is 6.55. The molecule has 0 bridgehead atoms. The summed E-state index contributed by atoms with van der Waals surface area (Å²) in [4.78, 5) is 23.1. The van der Waals surface area contributed by atoms with Gasteiger partial charge in [-0.25, -0.2) is 4.79 Å². The number of hydrogen-bond acceptors (Lipinski definition) is 4. The minimum absolute atomic E-state index is 0.0301. The van der Waals surface area contributed by atoms with Gasteiger partial charge in [0, 0.05) is 23.8 Å². The molecule has 4 rings (SSSR count). The minimum Gasteiger partial charge on any atom is -0.462 e. The third-order valence-electron chi connectivity index (χ3n) is 7.75. The molecule has 132 valence electrons. The molecule has 0 aromatic carbocycles. The summed E-state index contributed by atoms with van der Waals surface area (Å²) in [6.07, 6.45) is 10.3. The van der Waals surface area contributed by atoms with E-state index in [4.69, 9.17) is 9.47 Å². The molecule has 1 heterocycles. The standard InChI is InChI=1S/C20H28O4/c1-12(21)23-16-7-5-14-13-4-6-17-20(3,11-9-18(22)24-17)15(13)8-10-19(14,16)2/h9,11,13-17H,4-8,10H2,1-3H3/t13-,14-,15-,16-,17+,19-,20+/m0/s1. The van der Waals surface area contributed by atoms with Crippen LogP contribution in [0.5, 0.6) is 0 Å². The van der Waals surface area contributed by atoms with E-state index in [0.29, 0.717) is 17.8 Å². The monoisotopic (exact) mass is 332 g/mol. The van der Waals surface area contributed by atoms with Gasteiger partial charge in [0.1, 0.15) is 12.2 Å². The number of carbonyl (C=O) groups is 2. The van der Waals surface area contributed by atoms with Gasteiger partial charge in [-0.15, -0.1) is 0 Å². The molecule has 4 aliphatic rings.